The lowest BCUT2D eigenvalue weighted by Crippen LogP contribution is -2.21. The molecule has 1 aromatic carbocycles. The highest BCUT2D eigenvalue weighted by Crippen LogP contribution is 2.30. The molecule has 2 aromatic rings. The number of methoxy groups -OCH3 is 1. The van der Waals surface area contributed by atoms with E-state index in [-0.39, 0.29) is 11.2 Å². The fourth-order valence-corrected chi connectivity index (χ4v) is 3.62. The molecule has 0 aliphatic carbocycles. The van der Waals surface area contributed by atoms with Crippen molar-refractivity contribution >= 4 is 17.7 Å². The Hall–Kier alpha value is -2.28. The summed E-state index contributed by atoms with van der Waals surface area (Å²) in [6.07, 6.45) is 3.40. The number of benzene rings is 1. The van der Waals surface area contributed by atoms with Crippen LogP contribution < -0.4 is 4.74 Å². The monoisotopic (exact) mass is 375 g/mol. The zero-order chi connectivity index (χ0) is 18.9. The van der Waals surface area contributed by atoms with Crippen molar-refractivity contribution in [1.29, 1.82) is 0 Å². The molecule has 0 spiro atoms. The molecule has 1 aromatic heterocycles. The Balaban J connectivity index is 2.31. The second-order valence-corrected chi connectivity index (χ2v) is 6.75. The molecule has 26 heavy (non-hydrogen) atoms. The number of allylic oxidation sites excluding steroid dienone is 1. The van der Waals surface area contributed by atoms with Crippen molar-refractivity contribution in [3.63, 3.8) is 0 Å². The van der Waals surface area contributed by atoms with E-state index in [1.165, 1.54) is 11.8 Å². The average Bonchev–Trinajstić information content (AvgIpc) is 3.04. The van der Waals surface area contributed by atoms with Crippen LogP contribution in [0, 0.1) is 0 Å². The summed E-state index contributed by atoms with van der Waals surface area (Å²) < 4.78 is 12.4. The second kappa shape index (κ2) is 10.0. The van der Waals surface area contributed by atoms with E-state index in [1.807, 2.05) is 42.7 Å². The first kappa shape index (κ1) is 20.0. The molecule has 7 heteroatoms. The molecule has 0 saturated carbocycles. The topological polar surface area (TPSA) is 66.2 Å². The first-order valence-corrected chi connectivity index (χ1v) is 9.54. The van der Waals surface area contributed by atoms with Gasteiger partial charge in [-0.05, 0) is 37.6 Å². The van der Waals surface area contributed by atoms with Gasteiger partial charge in [0.25, 0.3) is 0 Å². The molecule has 6 nitrogen and oxygen atoms in total. The van der Waals surface area contributed by atoms with Gasteiger partial charge in [0.05, 0.1) is 13.7 Å². The zero-order valence-corrected chi connectivity index (χ0v) is 16.3. The lowest BCUT2D eigenvalue weighted by molar-refractivity contribution is -0.142. The number of thioether (sulfide) groups is 1. The maximum atomic E-state index is 12.2. The highest BCUT2D eigenvalue weighted by molar-refractivity contribution is 8.00. The molecule has 0 N–H and O–H groups in total. The van der Waals surface area contributed by atoms with Gasteiger partial charge >= 0.3 is 5.97 Å². The SMILES string of the molecule is C=CCn1c(S[C@@H](CCC)C(=O)OCC)nnc1-c1ccc(OC)cc1. The Bertz CT molecular complexity index is 728. The number of ether oxygens (including phenoxy) is 2. The fourth-order valence-electron chi connectivity index (χ4n) is 2.47. The van der Waals surface area contributed by atoms with Crippen LogP contribution in [0.2, 0.25) is 0 Å². The van der Waals surface area contributed by atoms with Gasteiger partial charge in [-0.1, -0.05) is 31.2 Å². The molecule has 140 valence electrons. The van der Waals surface area contributed by atoms with E-state index in [9.17, 15) is 4.79 Å². The number of carbonyl (C=O) groups is 1. The molecule has 0 unspecified atom stereocenters. The summed E-state index contributed by atoms with van der Waals surface area (Å²) in [4.78, 5) is 12.2. The molecular weight excluding hydrogens is 350 g/mol. The summed E-state index contributed by atoms with van der Waals surface area (Å²) in [5, 5.41) is 9.03. The fraction of sp³-hybridized carbons (Fsp3) is 0.421. The van der Waals surface area contributed by atoms with E-state index >= 15 is 0 Å². The quantitative estimate of drug-likeness (QED) is 0.356. The van der Waals surface area contributed by atoms with Gasteiger partial charge < -0.3 is 9.47 Å². The highest BCUT2D eigenvalue weighted by Gasteiger charge is 2.24. The maximum absolute atomic E-state index is 12.2. The standard InChI is InChI=1S/C19H25N3O3S/c1-5-8-16(18(23)25-7-3)26-19-21-20-17(22(19)13-6-2)14-9-11-15(24-4)12-10-14/h6,9-12,16H,2,5,7-8,13H2,1,3-4H3/t16-/m0/s1. The van der Waals surface area contributed by atoms with Crippen LogP contribution in [-0.2, 0) is 16.1 Å². The molecular formula is C19H25N3O3S. The molecule has 0 aliphatic rings. The number of hydrogen-bond acceptors (Lipinski definition) is 6. The summed E-state index contributed by atoms with van der Waals surface area (Å²) in [5.74, 6) is 1.30. The molecule has 2 rings (SSSR count). The molecule has 0 bridgehead atoms. The Morgan fingerprint density at radius 1 is 1.31 bits per heavy atom. The van der Waals surface area contributed by atoms with Crippen LogP contribution in [0.4, 0.5) is 0 Å². The molecule has 0 saturated heterocycles. The number of carbonyl (C=O) groups excluding carboxylic acids is 1. The van der Waals surface area contributed by atoms with Crippen molar-refractivity contribution in [2.24, 2.45) is 0 Å². The first-order chi connectivity index (χ1) is 12.6. The van der Waals surface area contributed by atoms with E-state index in [4.69, 9.17) is 9.47 Å². The largest absolute Gasteiger partial charge is 0.497 e. The van der Waals surface area contributed by atoms with Gasteiger partial charge in [-0.3, -0.25) is 9.36 Å². The van der Waals surface area contributed by atoms with E-state index in [2.05, 4.69) is 16.8 Å². The summed E-state index contributed by atoms with van der Waals surface area (Å²) in [7, 11) is 1.63. The van der Waals surface area contributed by atoms with Crippen LogP contribution in [0.15, 0.2) is 42.1 Å². The number of hydrogen-bond donors (Lipinski definition) is 0. The van der Waals surface area contributed by atoms with E-state index in [0.29, 0.717) is 18.3 Å². The van der Waals surface area contributed by atoms with Crippen molar-refractivity contribution in [1.82, 2.24) is 14.8 Å². The second-order valence-electron chi connectivity index (χ2n) is 5.58. The lowest BCUT2D eigenvalue weighted by Gasteiger charge is -2.14. The molecule has 0 fully saturated rings. The predicted molar refractivity (Wildman–Crippen MR) is 103 cm³/mol. The highest BCUT2D eigenvalue weighted by atomic mass is 32.2. The van der Waals surface area contributed by atoms with Gasteiger partial charge in [0.2, 0.25) is 0 Å². The lowest BCUT2D eigenvalue weighted by atomic mass is 10.2. The normalized spacial score (nSPS) is 11.8. The average molecular weight is 375 g/mol. The van der Waals surface area contributed by atoms with Crippen LogP contribution >= 0.6 is 11.8 Å². The Kier molecular flexibility index (Phi) is 7.72. The molecule has 0 aliphatic heterocycles. The summed E-state index contributed by atoms with van der Waals surface area (Å²) in [5.41, 5.74) is 0.926. The van der Waals surface area contributed by atoms with E-state index < -0.39 is 0 Å². The van der Waals surface area contributed by atoms with Crippen LogP contribution in [0.5, 0.6) is 5.75 Å². The summed E-state index contributed by atoms with van der Waals surface area (Å²) in [6.45, 7) is 8.61. The van der Waals surface area contributed by atoms with Gasteiger partial charge in [0.15, 0.2) is 11.0 Å². The zero-order valence-electron chi connectivity index (χ0n) is 15.5. The van der Waals surface area contributed by atoms with Gasteiger partial charge in [-0.15, -0.1) is 16.8 Å². The Morgan fingerprint density at radius 3 is 2.62 bits per heavy atom. The minimum atomic E-state index is -0.295. The van der Waals surface area contributed by atoms with Crippen molar-refractivity contribution in [2.75, 3.05) is 13.7 Å². The Morgan fingerprint density at radius 2 is 2.04 bits per heavy atom. The van der Waals surface area contributed by atoms with Crippen LogP contribution in [-0.4, -0.2) is 39.7 Å². The van der Waals surface area contributed by atoms with Crippen molar-refractivity contribution in [3.05, 3.63) is 36.9 Å². The van der Waals surface area contributed by atoms with E-state index in [0.717, 1.165) is 30.0 Å². The molecule has 0 amide bonds. The van der Waals surface area contributed by atoms with Gasteiger partial charge in [0.1, 0.15) is 11.0 Å². The maximum Gasteiger partial charge on any atom is 0.319 e. The third-order valence-electron chi connectivity index (χ3n) is 3.72. The first-order valence-electron chi connectivity index (χ1n) is 8.66. The molecule has 1 heterocycles. The molecule has 0 radical (unpaired) electrons. The van der Waals surface area contributed by atoms with Crippen molar-refractivity contribution < 1.29 is 14.3 Å². The van der Waals surface area contributed by atoms with Crippen molar-refractivity contribution in [2.45, 2.75) is 43.6 Å². The van der Waals surface area contributed by atoms with Gasteiger partial charge in [-0.25, -0.2) is 0 Å². The van der Waals surface area contributed by atoms with Crippen LogP contribution in [0.1, 0.15) is 26.7 Å². The van der Waals surface area contributed by atoms with E-state index in [1.54, 1.807) is 13.2 Å². The third kappa shape index (κ3) is 4.88. The van der Waals surface area contributed by atoms with Gasteiger partial charge in [-0.2, -0.15) is 0 Å². The number of rotatable bonds is 10. The third-order valence-corrected chi connectivity index (χ3v) is 4.95. The molecule has 1 atom stereocenters. The minimum Gasteiger partial charge on any atom is -0.497 e. The minimum absolute atomic E-state index is 0.210. The number of aromatic nitrogens is 3. The smallest absolute Gasteiger partial charge is 0.319 e. The summed E-state index contributed by atoms with van der Waals surface area (Å²) in [6, 6.07) is 7.64. The van der Waals surface area contributed by atoms with Crippen molar-refractivity contribution in [3.8, 4) is 17.1 Å². The van der Waals surface area contributed by atoms with Gasteiger partial charge in [0, 0.05) is 12.1 Å². The predicted octanol–water partition coefficient (Wildman–Crippen LogP) is 3.96. The summed E-state index contributed by atoms with van der Waals surface area (Å²) >= 11 is 1.39. The number of esters is 1. The Labute approximate surface area is 158 Å². The van der Waals surface area contributed by atoms with Crippen LogP contribution in [0.25, 0.3) is 11.4 Å². The number of nitrogens with zero attached hydrogens (tertiary/aromatic N) is 3. The van der Waals surface area contributed by atoms with Crippen LogP contribution in [0.3, 0.4) is 0 Å².